The Balaban J connectivity index is 2.36. The maximum absolute atomic E-state index is 10.0. The van der Waals surface area contributed by atoms with Gasteiger partial charge in [0.05, 0.1) is 0 Å². The second kappa shape index (κ2) is 4.14. The first-order valence-electron chi connectivity index (χ1n) is 5.35. The van der Waals surface area contributed by atoms with Crippen LogP contribution < -0.4 is 5.73 Å². The molecule has 0 spiro atoms. The van der Waals surface area contributed by atoms with E-state index in [1.165, 1.54) is 19.3 Å². The monoisotopic (exact) mass is 269 g/mol. The normalized spacial score (nSPS) is 18.6. The molecule has 0 aromatic heterocycles. The van der Waals surface area contributed by atoms with Crippen molar-refractivity contribution in [2.24, 2.45) is 11.7 Å². The molecule has 3 N–H and O–H groups in total. The van der Waals surface area contributed by atoms with Gasteiger partial charge in [-0.25, -0.2) is 0 Å². The topological polar surface area (TPSA) is 46.2 Å². The van der Waals surface area contributed by atoms with Gasteiger partial charge in [0.1, 0.15) is 5.75 Å². The summed E-state index contributed by atoms with van der Waals surface area (Å²) in [6.07, 6.45) is 3.63. The highest BCUT2D eigenvalue weighted by atomic mass is 79.9. The average Bonchev–Trinajstić information content (AvgIpc) is 2.09. The molecule has 82 valence electrons. The predicted molar refractivity (Wildman–Crippen MR) is 64.8 cm³/mol. The van der Waals surface area contributed by atoms with Gasteiger partial charge in [0.15, 0.2) is 0 Å². The second-order valence-corrected chi connectivity index (χ2v) is 5.20. The first kappa shape index (κ1) is 11.0. The molecule has 0 saturated heterocycles. The number of phenolic OH excluding ortho intramolecular Hbond substituents is 1. The van der Waals surface area contributed by atoms with E-state index in [1.54, 1.807) is 0 Å². The molecule has 0 heterocycles. The number of halogens is 1. The Morgan fingerprint density at radius 1 is 1.47 bits per heavy atom. The molecule has 3 heteroatoms. The van der Waals surface area contributed by atoms with Crippen molar-refractivity contribution in [3.8, 4) is 5.75 Å². The quantitative estimate of drug-likeness (QED) is 0.866. The summed E-state index contributed by atoms with van der Waals surface area (Å²) in [4.78, 5) is 0. The fourth-order valence-corrected chi connectivity index (χ4v) is 2.63. The highest BCUT2D eigenvalue weighted by molar-refractivity contribution is 9.10. The molecule has 0 amide bonds. The van der Waals surface area contributed by atoms with Crippen molar-refractivity contribution in [2.45, 2.75) is 32.2 Å². The Kier molecular flexibility index (Phi) is 3.03. The summed E-state index contributed by atoms with van der Waals surface area (Å²) in [6.45, 7) is 1.90. The lowest BCUT2D eigenvalue weighted by Crippen LogP contribution is -2.27. The third kappa shape index (κ3) is 1.91. The van der Waals surface area contributed by atoms with Gasteiger partial charge in [0.2, 0.25) is 0 Å². The van der Waals surface area contributed by atoms with Gasteiger partial charge >= 0.3 is 0 Å². The van der Waals surface area contributed by atoms with Crippen molar-refractivity contribution in [2.75, 3.05) is 0 Å². The Labute approximate surface area is 98.6 Å². The van der Waals surface area contributed by atoms with Gasteiger partial charge in [-0.15, -0.1) is 0 Å². The fourth-order valence-electron chi connectivity index (χ4n) is 2.04. The second-order valence-electron chi connectivity index (χ2n) is 4.34. The van der Waals surface area contributed by atoms with E-state index in [2.05, 4.69) is 15.9 Å². The van der Waals surface area contributed by atoms with E-state index in [9.17, 15) is 5.11 Å². The SMILES string of the molecule is Cc1ccc(Br)c([C@@H](N)C2CCC2)c1O. The first-order chi connectivity index (χ1) is 7.11. The van der Waals surface area contributed by atoms with Crippen molar-refractivity contribution >= 4 is 15.9 Å². The van der Waals surface area contributed by atoms with E-state index in [4.69, 9.17) is 5.73 Å². The number of benzene rings is 1. The van der Waals surface area contributed by atoms with Crippen molar-refractivity contribution < 1.29 is 5.11 Å². The van der Waals surface area contributed by atoms with Crippen molar-refractivity contribution in [3.63, 3.8) is 0 Å². The molecule has 1 aliphatic carbocycles. The minimum absolute atomic E-state index is 0.0342. The van der Waals surface area contributed by atoms with Crippen molar-refractivity contribution in [3.05, 3.63) is 27.7 Å². The summed E-state index contributed by atoms with van der Waals surface area (Å²) in [5.41, 5.74) is 7.95. The Hall–Kier alpha value is -0.540. The van der Waals surface area contributed by atoms with Crippen LogP contribution in [0.3, 0.4) is 0 Å². The maximum atomic E-state index is 10.0. The predicted octanol–water partition coefficient (Wildman–Crippen LogP) is 3.26. The van der Waals surface area contributed by atoms with Crippen LogP contribution >= 0.6 is 15.9 Å². The summed E-state index contributed by atoms with van der Waals surface area (Å²) in [6, 6.07) is 3.83. The molecule has 1 saturated carbocycles. The van der Waals surface area contributed by atoms with E-state index < -0.39 is 0 Å². The first-order valence-corrected chi connectivity index (χ1v) is 6.14. The van der Waals surface area contributed by atoms with Crippen LogP contribution in [0, 0.1) is 12.8 Å². The zero-order valence-electron chi connectivity index (χ0n) is 8.83. The molecule has 15 heavy (non-hydrogen) atoms. The number of aryl methyl sites for hydroxylation is 1. The number of nitrogens with two attached hydrogens (primary N) is 1. The van der Waals surface area contributed by atoms with Crippen LogP contribution in [0.15, 0.2) is 16.6 Å². The van der Waals surface area contributed by atoms with Crippen molar-refractivity contribution in [1.82, 2.24) is 0 Å². The van der Waals surface area contributed by atoms with E-state index in [0.717, 1.165) is 15.6 Å². The van der Waals surface area contributed by atoms with Gasteiger partial charge < -0.3 is 10.8 Å². The minimum atomic E-state index is -0.0342. The lowest BCUT2D eigenvalue weighted by molar-refractivity contribution is 0.260. The van der Waals surface area contributed by atoms with Crippen LogP contribution in [0.5, 0.6) is 5.75 Å². The van der Waals surface area contributed by atoms with Crippen LogP contribution in [0.4, 0.5) is 0 Å². The molecule has 2 nitrogen and oxygen atoms in total. The van der Waals surface area contributed by atoms with Crippen LogP contribution in [0.1, 0.15) is 36.4 Å². The van der Waals surface area contributed by atoms with Gasteiger partial charge in [0, 0.05) is 16.1 Å². The summed E-state index contributed by atoms with van der Waals surface area (Å²) < 4.78 is 0.921. The lowest BCUT2D eigenvalue weighted by atomic mass is 9.77. The third-order valence-corrected chi connectivity index (χ3v) is 4.05. The van der Waals surface area contributed by atoms with E-state index in [1.807, 2.05) is 19.1 Å². The average molecular weight is 270 g/mol. The number of rotatable bonds is 2. The molecule has 1 fully saturated rings. The Bertz CT molecular complexity index is 374. The number of hydrogen-bond acceptors (Lipinski definition) is 2. The molecule has 0 radical (unpaired) electrons. The Morgan fingerprint density at radius 2 is 2.13 bits per heavy atom. The number of aromatic hydroxyl groups is 1. The van der Waals surface area contributed by atoms with Gasteiger partial charge in [-0.3, -0.25) is 0 Å². The van der Waals surface area contributed by atoms with E-state index in [0.29, 0.717) is 11.7 Å². The fraction of sp³-hybridized carbons (Fsp3) is 0.500. The smallest absolute Gasteiger partial charge is 0.124 e. The molecule has 1 aromatic rings. The minimum Gasteiger partial charge on any atom is -0.507 e. The van der Waals surface area contributed by atoms with E-state index >= 15 is 0 Å². The molecular weight excluding hydrogens is 254 g/mol. The molecule has 2 rings (SSSR count). The van der Waals surface area contributed by atoms with E-state index in [-0.39, 0.29) is 6.04 Å². The van der Waals surface area contributed by atoms with Crippen LogP contribution in [0.25, 0.3) is 0 Å². The molecule has 0 unspecified atom stereocenters. The molecule has 1 aromatic carbocycles. The standard InChI is InChI=1S/C12H16BrNO/c1-7-5-6-9(13)10(12(7)15)11(14)8-3-2-4-8/h5-6,8,11,15H,2-4,14H2,1H3/t11-/m0/s1. The molecule has 0 bridgehead atoms. The van der Waals surface area contributed by atoms with Gasteiger partial charge in [-0.05, 0) is 37.3 Å². The largest absolute Gasteiger partial charge is 0.507 e. The summed E-state index contributed by atoms with van der Waals surface area (Å²) in [5.74, 6) is 0.887. The van der Waals surface area contributed by atoms with Crippen molar-refractivity contribution in [1.29, 1.82) is 0 Å². The highest BCUT2D eigenvalue weighted by Crippen LogP contribution is 2.42. The zero-order valence-corrected chi connectivity index (χ0v) is 10.4. The van der Waals surface area contributed by atoms with Gasteiger partial charge in [0.25, 0.3) is 0 Å². The Morgan fingerprint density at radius 3 is 2.67 bits per heavy atom. The van der Waals surface area contributed by atoms with Crippen LogP contribution in [-0.4, -0.2) is 5.11 Å². The molecular formula is C12H16BrNO. The summed E-state index contributed by atoms with van der Waals surface area (Å²) in [7, 11) is 0. The number of phenols is 1. The van der Waals surface area contributed by atoms with Gasteiger partial charge in [-0.1, -0.05) is 28.4 Å². The molecule has 0 aliphatic heterocycles. The van der Waals surface area contributed by atoms with Crippen LogP contribution in [-0.2, 0) is 0 Å². The van der Waals surface area contributed by atoms with Crippen LogP contribution in [0.2, 0.25) is 0 Å². The number of hydrogen-bond donors (Lipinski definition) is 2. The summed E-state index contributed by atoms with van der Waals surface area (Å²) in [5, 5.41) is 10.0. The van der Waals surface area contributed by atoms with Gasteiger partial charge in [-0.2, -0.15) is 0 Å². The highest BCUT2D eigenvalue weighted by Gasteiger charge is 2.28. The molecule has 1 aliphatic rings. The zero-order chi connectivity index (χ0) is 11.0. The summed E-state index contributed by atoms with van der Waals surface area (Å²) >= 11 is 3.46. The maximum Gasteiger partial charge on any atom is 0.124 e. The molecule has 1 atom stereocenters. The third-order valence-electron chi connectivity index (χ3n) is 3.36. The lowest BCUT2D eigenvalue weighted by Gasteiger charge is -2.32.